The molecular weight excluding hydrogens is 268 g/mol. The molecule has 2 aliphatic carbocycles. The normalized spacial score (nSPS) is 30.3. The largest absolute Gasteiger partial charge is 0.480 e. The molecule has 1 saturated carbocycles. The number of nitrogens with zero attached hydrogens (tertiary/aromatic N) is 2. The summed E-state index contributed by atoms with van der Waals surface area (Å²) in [6, 6.07) is 0. The Balaban J connectivity index is 2.17. The Morgan fingerprint density at radius 2 is 2.16 bits per heavy atom. The molecule has 0 saturated heterocycles. The number of hydrogen-bond donors (Lipinski definition) is 1. The number of aromatic nitrogens is 2. The van der Waals surface area contributed by atoms with Gasteiger partial charge >= 0.3 is 5.97 Å². The summed E-state index contributed by atoms with van der Waals surface area (Å²) in [5.74, 6) is -6.68. The molecule has 0 aromatic carbocycles. The molecule has 19 heavy (non-hydrogen) atoms. The molecule has 1 aromatic rings. The molecule has 0 aliphatic heterocycles. The summed E-state index contributed by atoms with van der Waals surface area (Å²) in [6.07, 6.45) is -2.98. The van der Waals surface area contributed by atoms with Gasteiger partial charge in [0.2, 0.25) is 0 Å². The third-order valence-electron chi connectivity index (χ3n) is 3.96. The first-order valence-corrected chi connectivity index (χ1v) is 5.75. The number of hydrogen-bond acceptors (Lipinski definition) is 2. The molecule has 2 unspecified atom stereocenters. The summed E-state index contributed by atoms with van der Waals surface area (Å²) < 4.78 is 54.5. The minimum atomic E-state index is -3.28. The van der Waals surface area contributed by atoms with E-state index >= 15 is 0 Å². The average molecular weight is 278 g/mol. The van der Waals surface area contributed by atoms with Crippen LogP contribution >= 0.6 is 0 Å². The number of aliphatic carboxylic acids is 1. The van der Waals surface area contributed by atoms with Crippen molar-refractivity contribution in [1.29, 1.82) is 0 Å². The Morgan fingerprint density at radius 1 is 1.53 bits per heavy atom. The van der Waals surface area contributed by atoms with E-state index < -0.39 is 48.1 Å². The second kappa shape index (κ2) is 3.49. The van der Waals surface area contributed by atoms with E-state index in [1.165, 1.54) is 0 Å². The van der Waals surface area contributed by atoms with Gasteiger partial charge in [-0.1, -0.05) is 6.92 Å². The third-order valence-corrected chi connectivity index (χ3v) is 3.96. The van der Waals surface area contributed by atoms with E-state index in [4.69, 9.17) is 5.11 Å². The van der Waals surface area contributed by atoms with Crippen molar-refractivity contribution in [2.45, 2.75) is 31.7 Å². The van der Waals surface area contributed by atoms with Crippen LogP contribution < -0.4 is 0 Å². The number of carboxylic acid groups (broad SMARTS) is 1. The lowest BCUT2D eigenvalue weighted by Crippen LogP contribution is -2.23. The number of carboxylic acids is 1. The Hall–Kier alpha value is -1.60. The maximum Gasteiger partial charge on any atom is 0.325 e. The number of alkyl halides is 4. The molecule has 0 amide bonds. The highest BCUT2D eigenvalue weighted by Crippen LogP contribution is 2.71. The quantitative estimate of drug-likeness (QED) is 0.863. The lowest BCUT2D eigenvalue weighted by Gasteiger charge is -2.15. The van der Waals surface area contributed by atoms with Gasteiger partial charge in [-0.05, 0) is 5.92 Å². The highest BCUT2D eigenvalue weighted by atomic mass is 19.3. The monoisotopic (exact) mass is 278 g/mol. The Labute approximate surface area is 105 Å². The van der Waals surface area contributed by atoms with Crippen molar-refractivity contribution >= 4 is 5.97 Å². The maximum absolute atomic E-state index is 14.1. The summed E-state index contributed by atoms with van der Waals surface area (Å²) in [4.78, 5) is 10.6. The molecule has 2 aliphatic rings. The SMILES string of the molecule is C[C@H]1C2c3c(C(F)F)nn(CC(=O)O)c3C(F)(F)C21. The van der Waals surface area contributed by atoms with E-state index in [1.807, 2.05) is 0 Å². The fourth-order valence-corrected chi connectivity index (χ4v) is 3.20. The molecule has 1 aromatic heterocycles. The second-order valence-corrected chi connectivity index (χ2v) is 5.03. The van der Waals surface area contributed by atoms with Crippen LogP contribution in [0.25, 0.3) is 0 Å². The van der Waals surface area contributed by atoms with Crippen molar-refractivity contribution in [1.82, 2.24) is 9.78 Å². The highest BCUT2D eigenvalue weighted by Gasteiger charge is 2.71. The molecule has 3 atom stereocenters. The van der Waals surface area contributed by atoms with Crippen LogP contribution in [-0.4, -0.2) is 20.9 Å². The molecule has 1 fully saturated rings. The van der Waals surface area contributed by atoms with Gasteiger partial charge in [0.05, 0.1) is 0 Å². The molecular formula is C11H10F4N2O2. The molecule has 1 N–H and O–H groups in total. The molecule has 4 nitrogen and oxygen atoms in total. The lowest BCUT2D eigenvalue weighted by molar-refractivity contribution is -0.138. The van der Waals surface area contributed by atoms with Gasteiger partial charge in [-0.15, -0.1) is 0 Å². The van der Waals surface area contributed by atoms with Crippen molar-refractivity contribution in [3.63, 3.8) is 0 Å². The van der Waals surface area contributed by atoms with Crippen LogP contribution in [0.5, 0.6) is 0 Å². The van der Waals surface area contributed by atoms with Crippen LogP contribution in [-0.2, 0) is 17.3 Å². The summed E-state index contributed by atoms with van der Waals surface area (Å²) in [5.41, 5.74) is -1.48. The first kappa shape index (κ1) is 12.4. The highest BCUT2D eigenvalue weighted by molar-refractivity contribution is 5.67. The number of halogens is 4. The smallest absolute Gasteiger partial charge is 0.325 e. The lowest BCUT2D eigenvalue weighted by atomic mass is 10.1. The summed E-state index contributed by atoms with van der Waals surface area (Å²) in [7, 11) is 0. The van der Waals surface area contributed by atoms with Crippen LogP contribution in [0.3, 0.4) is 0 Å². The van der Waals surface area contributed by atoms with E-state index in [-0.39, 0.29) is 11.5 Å². The Bertz CT molecular complexity index is 569. The second-order valence-electron chi connectivity index (χ2n) is 5.03. The van der Waals surface area contributed by atoms with Crippen LogP contribution in [0.1, 0.15) is 36.2 Å². The third kappa shape index (κ3) is 1.45. The van der Waals surface area contributed by atoms with Crippen molar-refractivity contribution in [2.24, 2.45) is 11.8 Å². The van der Waals surface area contributed by atoms with Gasteiger partial charge < -0.3 is 5.11 Å². The van der Waals surface area contributed by atoms with Crippen LogP contribution in [0.2, 0.25) is 0 Å². The minimum absolute atomic E-state index is 0.140. The average Bonchev–Trinajstić information content (AvgIpc) is 2.67. The van der Waals surface area contributed by atoms with E-state index in [0.29, 0.717) is 4.68 Å². The van der Waals surface area contributed by atoms with Crippen LogP contribution in [0.4, 0.5) is 17.6 Å². The zero-order chi connectivity index (χ0) is 14.1. The molecule has 0 bridgehead atoms. The van der Waals surface area contributed by atoms with Gasteiger partial charge in [-0.2, -0.15) is 13.9 Å². The molecule has 0 spiro atoms. The number of rotatable bonds is 3. The van der Waals surface area contributed by atoms with E-state index in [0.717, 1.165) is 0 Å². The predicted molar refractivity (Wildman–Crippen MR) is 54.1 cm³/mol. The molecule has 8 heteroatoms. The van der Waals surface area contributed by atoms with Crippen LogP contribution in [0.15, 0.2) is 0 Å². The van der Waals surface area contributed by atoms with Crippen molar-refractivity contribution in [3.05, 3.63) is 17.0 Å². The summed E-state index contributed by atoms with van der Waals surface area (Å²) >= 11 is 0. The van der Waals surface area contributed by atoms with E-state index in [2.05, 4.69) is 5.10 Å². The topological polar surface area (TPSA) is 55.1 Å². The summed E-state index contributed by atoms with van der Waals surface area (Å²) in [5, 5.41) is 12.0. The first-order valence-electron chi connectivity index (χ1n) is 5.75. The van der Waals surface area contributed by atoms with Gasteiger partial charge in [0.1, 0.15) is 17.9 Å². The van der Waals surface area contributed by atoms with Crippen molar-refractivity contribution < 1.29 is 27.5 Å². The van der Waals surface area contributed by atoms with Gasteiger partial charge in [0.15, 0.2) is 0 Å². The van der Waals surface area contributed by atoms with Crippen molar-refractivity contribution in [2.75, 3.05) is 0 Å². The maximum atomic E-state index is 14.1. The zero-order valence-corrected chi connectivity index (χ0v) is 9.78. The zero-order valence-electron chi connectivity index (χ0n) is 9.78. The summed E-state index contributed by atoms with van der Waals surface area (Å²) in [6.45, 7) is 0.744. The molecule has 0 radical (unpaired) electrons. The van der Waals surface area contributed by atoms with Gasteiger partial charge in [-0.25, -0.2) is 8.78 Å². The Kier molecular flexibility index (Phi) is 2.28. The van der Waals surface area contributed by atoms with Gasteiger partial charge in [0, 0.05) is 17.4 Å². The van der Waals surface area contributed by atoms with E-state index in [9.17, 15) is 22.4 Å². The molecule has 104 valence electrons. The van der Waals surface area contributed by atoms with Gasteiger partial charge in [-0.3, -0.25) is 9.48 Å². The first-order chi connectivity index (χ1) is 8.76. The number of fused-ring (bicyclic) bond motifs is 3. The van der Waals surface area contributed by atoms with Gasteiger partial charge in [0.25, 0.3) is 12.3 Å². The fourth-order valence-electron chi connectivity index (χ4n) is 3.20. The van der Waals surface area contributed by atoms with Crippen LogP contribution in [0, 0.1) is 11.8 Å². The number of carbonyl (C=O) groups is 1. The Morgan fingerprint density at radius 3 is 2.68 bits per heavy atom. The molecule has 3 rings (SSSR count). The molecule has 1 heterocycles. The van der Waals surface area contributed by atoms with E-state index in [1.54, 1.807) is 6.92 Å². The standard InChI is InChI=1S/C11H10F4N2O2/c1-3-5-6-8(10(12)13)16-17(2-4(18)19)9(6)11(14,15)7(3)5/h3,5,7,10H,2H2,1H3,(H,18,19)/t3-,5?,7?/m0/s1. The van der Waals surface area contributed by atoms with Crippen molar-refractivity contribution in [3.8, 4) is 0 Å². The predicted octanol–water partition coefficient (Wildman–Crippen LogP) is 2.36. The fraction of sp³-hybridized carbons (Fsp3) is 0.636. The minimum Gasteiger partial charge on any atom is -0.480 e.